The molecule has 1 aromatic heterocycles. The minimum Gasteiger partial charge on any atom is -0.488 e. The lowest BCUT2D eigenvalue weighted by Gasteiger charge is -2.12. The molecule has 0 spiro atoms. The van der Waals surface area contributed by atoms with E-state index in [2.05, 4.69) is 21.4 Å². The largest absolute Gasteiger partial charge is 0.488 e. The van der Waals surface area contributed by atoms with Gasteiger partial charge in [-0.15, -0.1) is 0 Å². The van der Waals surface area contributed by atoms with Gasteiger partial charge in [-0.05, 0) is 47.5 Å². The molecule has 6 heteroatoms. The maximum Gasteiger partial charge on any atom is 0.251 e. The number of halogens is 1. The summed E-state index contributed by atoms with van der Waals surface area (Å²) in [6, 6.07) is 19.4. The summed E-state index contributed by atoms with van der Waals surface area (Å²) in [7, 11) is 0. The Balaban J connectivity index is 1.24. The molecule has 1 amide bonds. The Morgan fingerprint density at radius 2 is 1.94 bits per heavy atom. The fraction of sp³-hybridized carbons (Fsp3) is 0.115. The number of hydrogen-bond acceptors (Lipinski definition) is 4. The summed E-state index contributed by atoms with van der Waals surface area (Å²) in [5.74, 6) is 0.282. The van der Waals surface area contributed by atoms with E-state index in [1.807, 2.05) is 12.1 Å². The maximum absolute atomic E-state index is 14.1. The molecule has 3 aromatic carbocycles. The quantitative estimate of drug-likeness (QED) is 0.504. The molecule has 0 aliphatic carbocycles. The third-order valence-corrected chi connectivity index (χ3v) is 5.46. The van der Waals surface area contributed by atoms with E-state index in [0.717, 1.165) is 22.6 Å². The second kappa shape index (κ2) is 8.59. The first-order valence-electron chi connectivity index (χ1n) is 10.4. The summed E-state index contributed by atoms with van der Waals surface area (Å²) in [6.45, 7) is 0.373. The van der Waals surface area contributed by atoms with Crippen molar-refractivity contribution in [3.8, 4) is 28.1 Å². The molecular formula is C26H20FN3O2. The zero-order chi connectivity index (χ0) is 21.9. The zero-order valence-corrected chi connectivity index (χ0v) is 17.2. The summed E-state index contributed by atoms with van der Waals surface area (Å²) in [5, 5.41) is 2.94. The number of aromatic nitrogens is 2. The van der Waals surface area contributed by atoms with Crippen LogP contribution < -0.4 is 10.1 Å². The van der Waals surface area contributed by atoms with Crippen molar-refractivity contribution in [1.82, 2.24) is 15.3 Å². The zero-order valence-electron chi connectivity index (χ0n) is 17.2. The molecule has 0 bridgehead atoms. The van der Waals surface area contributed by atoms with Crippen LogP contribution in [0.1, 0.15) is 15.9 Å². The van der Waals surface area contributed by atoms with Crippen LogP contribution in [0.5, 0.6) is 5.75 Å². The highest BCUT2D eigenvalue weighted by molar-refractivity contribution is 5.95. The second-order valence-corrected chi connectivity index (χ2v) is 7.63. The number of nitrogens with zero attached hydrogens (tertiary/aromatic N) is 2. The fourth-order valence-electron chi connectivity index (χ4n) is 3.87. The standard InChI is InChI=1S/C26H20FN3O2/c27-23-7-2-1-6-22(23)17-4-3-5-19(12-17)26(31)30-15-21-14-20-13-18(8-9-25(20)32-21)24-16-28-10-11-29-24/h1-13,16,21H,14-15H2,(H,30,31)/t21-/m0/s1. The van der Waals surface area contributed by atoms with Crippen LogP contribution in [0, 0.1) is 5.82 Å². The van der Waals surface area contributed by atoms with Crippen LogP contribution in [-0.4, -0.2) is 28.5 Å². The fourth-order valence-corrected chi connectivity index (χ4v) is 3.87. The van der Waals surface area contributed by atoms with Crippen molar-refractivity contribution in [3.05, 3.63) is 102 Å². The van der Waals surface area contributed by atoms with Gasteiger partial charge in [-0.1, -0.05) is 30.3 Å². The first-order chi connectivity index (χ1) is 15.7. The smallest absolute Gasteiger partial charge is 0.251 e. The van der Waals surface area contributed by atoms with Crippen LogP contribution in [0.3, 0.4) is 0 Å². The van der Waals surface area contributed by atoms with Crippen molar-refractivity contribution in [2.75, 3.05) is 6.54 Å². The van der Waals surface area contributed by atoms with Crippen LogP contribution in [0.15, 0.2) is 85.3 Å². The van der Waals surface area contributed by atoms with Crippen molar-refractivity contribution in [2.24, 2.45) is 0 Å². The molecule has 0 radical (unpaired) electrons. The molecule has 1 N–H and O–H groups in total. The molecule has 5 nitrogen and oxygen atoms in total. The Bertz CT molecular complexity index is 1280. The Hall–Kier alpha value is -4.06. The molecule has 0 saturated heterocycles. The first kappa shape index (κ1) is 19.9. The first-order valence-corrected chi connectivity index (χ1v) is 10.4. The van der Waals surface area contributed by atoms with Crippen molar-refractivity contribution in [3.63, 3.8) is 0 Å². The Morgan fingerprint density at radius 3 is 2.78 bits per heavy atom. The number of carbonyl (C=O) groups excluding carboxylic acids is 1. The molecule has 2 heterocycles. The van der Waals surface area contributed by atoms with Crippen LogP contribution in [0.25, 0.3) is 22.4 Å². The minimum atomic E-state index is -0.317. The number of amides is 1. The summed E-state index contributed by atoms with van der Waals surface area (Å²) < 4.78 is 20.1. The molecule has 5 rings (SSSR count). The number of fused-ring (bicyclic) bond motifs is 1. The lowest BCUT2D eigenvalue weighted by Crippen LogP contribution is -2.34. The van der Waals surface area contributed by atoms with E-state index in [0.29, 0.717) is 29.7 Å². The second-order valence-electron chi connectivity index (χ2n) is 7.63. The van der Waals surface area contributed by atoms with E-state index in [9.17, 15) is 9.18 Å². The molecule has 0 unspecified atom stereocenters. The number of hydrogen-bond donors (Lipinski definition) is 1. The topological polar surface area (TPSA) is 64.1 Å². The lowest BCUT2D eigenvalue weighted by atomic mass is 10.0. The van der Waals surface area contributed by atoms with Gasteiger partial charge in [0.2, 0.25) is 0 Å². The highest BCUT2D eigenvalue weighted by atomic mass is 19.1. The average Bonchev–Trinajstić information content (AvgIpc) is 3.26. The van der Waals surface area contributed by atoms with Crippen molar-refractivity contribution in [1.29, 1.82) is 0 Å². The number of benzene rings is 3. The average molecular weight is 425 g/mol. The molecule has 158 valence electrons. The summed E-state index contributed by atoms with van der Waals surface area (Å²) >= 11 is 0. The number of nitrogens with one attached hydrogen (secondary N) is 1. The predicted octanol–water partition coefficient (Wildman–Crippen LogP) is 4.68. The lowest BCUT2D eigenvalue weighted by molar-refractivity contribution is 0.0933. The Morgan fingerprint density at radius 1 is 1.03 bits per heavy atom. The van der Waals surface area contributed by atoms with Crippen molar-refractivity contribution in [2.45, 2.75) is 12.5 Å². The van der Waals surface area contributed by atoms with Crippen LogP contribution in [0.4, 0.5) is 4.39 Å². The molecule has 4 aromatic rings. The highest BCUT2D eigenvalue weighted by Crippen LogP contribution is 2.32. The SMILES string of the molecule is O=C(NC[C@@H]1Cc2cc(-c3cnccn3)ccc2O1)c1cccc(-c2ccccc2F)c1. The van der Waals surface area contributed by atoms with Crippen molar-refractivity contribution >= 4 is 5.91 Å². The van der Waals surface area contributed by atoms with Gasteiger partial charge in [0.05, 0.1) is 18.4 Å². The van der Waals surface area contributed by atoms with Gasteiger partial charge < -0.3 is 10.1 Å². The Kier molecular flexibility index (Phi) is 5.34. The molecule has 32 heavy (non-hydrogen) atoms. The predicted molar refractivity (Wildman–Crippen MR) is 120 cm³/mol. The van der Waals surface area contributed by atoms with Crippen molar-refractivity contribution < 1.29 is 13.9 Å². The van der Waals surface area contributed by atoms with E-state index in [4.69, 9.17) is 4.74 Å². The van der Waals surface area contributed by atoms with Gasteiger partial charge in [0, 0.05) is 35.5 Å². The minimum absolute atomic E-state index is 0.152. The van der Waals surface area contributed by atoms with Gasteiger partial charge >= 0.3 is 0 Å². The van der Waals surface area contributed by atoms with E-state index < -0.39 is 0 Å². The maximum atomic E-state index is 14.1. The summed E-state index contributed by atoms with van der Waals surface area (Å²) in [5.41, 5.74) is 4.48. The molecule has 1 aliphatic rings. The molecule has 1 aliphatic heterocycles. The van der Waals surface area contributed by atoms with Gasteiger partial charge in [-0.25, -0.2) is 4.39 Å². The third kappa shape index (κ3) is 4.07. The Labute approximate surface area is 184 Å². The van der Waals surface area contributed by atoms with Crippen LogP contribution in [0.2, 0.25) is 0 Å². The van der Waals surface area contributed by atoms with E-state index >= 15 is 0 Å². The summed E-state index contributed by atoms with van der Waals surface area (Å²) in [4.78, 5) is 21.2. The van der Waals surface area contributed by atoms with E-state index in [1.165, 1.54) is 6.07 Å². The molecule has 0 fully saturated rings. The van der Waals surface area contributed by atoms with Gasteiger partial charge in [0.25, 0.3) is 5.91 Å². The molecule has 0 saturated carbocycles. The van der Waals surface area contributed by atoms with E-state index in [1.54, 1.807) is 61.1 Å². The monoisotopic (exact) mass is 425 g/mol. The van der Waals surface area contributed by atoms with Crippen LogP contribution >= 0.6 is 0 Å². The van der Waals surface area contributed by atoms with Crippen LogP contribution in [-0.2, 0) is 6.42 Å². The van der Waals surface area contributed by atoms with E-state index in [-0.39, 0.29) is 17.8 Å². The normalized spacial score (nSPS) is 14.5. The number of carbonyl (C=O) groups is 1. The van der Waals surface area contributed by atoms with Gasteiger partial charge in [0.15, 0.2) is 0 Å². The van der Waals surface area contributed by atoms with Gasteiger partial charge in [-0.2, -0.15) is 0 Å². The summed E-state index contributed by atoms with van der Waals surface area (Å²) in [6.07, 6.45) is 5.58. The molecule has 1 atom stereocenters. The number of rotatable bonds is 5. The molecular weight excluding hydrogens is 405 g/mol. The highest BCUT2D eigenvalue weighted by Gasteiger charge is 2.24. The van der Waals surface area contributed by atoms with Gasteiger partial charge in [0.1, 0.15) is 17.7 Å². The number of ether oxygens (including phenoxy) is 1. The van der Waals surface area contributed by atoms with Gasteiger partial charge in [-0.3, -0.25) is 14.8 Å². The third-order valence-electron chi connectivity index (χ3n) is 5.46.